The van der Waals surface area contributed by atoms with E-state index in [1.807, 2.05) is 13.8 Å². The van der Waals surface area contributed by atoms with E-state index in [4.69, 9.17) is 9.47 Å². The first-order valence-corrected chi connectivity index (χ1v) is 8.14. The molecule has 0 heterocycles. The van der Waals surface area contributed by atoms with Crippen LogP contribution in [0.25, 0.3) is 0 Å². The monoisotopic (exact) mass is 357 g/mol. The number of rotatable bonds is 6. The number of urea groups is 1. The number of carbonyl (C=O) groups is 2. The maximum absolute atomic E-state index is 12.1. The Hall–Kier alpha value is -3.22. The number of amides is 3. The van der Waals surface area contributed by atoms with Crippen molar-refractivity contribution in [2.75, 3.05) is 24.9 Å². The number of nitrogens with one attached hydrogen (secondary N) is 3. The van der Waals surface area contributed by atoms with Crippen LogP contribution in [0.4, 0.5) is 16.2 Å². The summed E-state index contributed by atoms with van der Waals surface area (Å²) >= 11 is 0. The van der Waals surface area contributed by atoms with Crippen LogP contribution < -0.4 is 25.4 Å². The molecule has 2 aromatic rings. The van der Waals surface area contributed by atoms with Crippen molar-refractivity contribution in [3.63, 3.8) is 0 Å². The summed E-state index contributed by atoms with van der Waals surface area (Å²) in [5, 5.41) is 8.24. The predicted molar refractivity (Wildman–Crippen MR) is 101 cm³/mol. The van der Waals surface area contributed by atoms with Crippen LogP contribution in [0.3, 0.4) is 0 Å². The first-order chi connectivity index (χ1) is 12.4. The Morgan fingerprint density at radius 3 is 2.00 bits per heavy atom. The molecule has 0 radical (unpaired) electrons. The molecule has 0 aliphatic heterocycles. The summed E-state index contributed by atoms with van der Waals surface area (Å²) in [6.45, 7) is 3.79. The highest BCUT2D eigenvalue weighted by atomic mass is 16.5. The molecular formula is C19H23N3O4. The van der Waals surface area contributed by atoms with Gasteiger partial charge in [-0.3, -0.25) is 4.79 Å². The van der Waals surface area contributed by atoms with Crippen LogP contribution in [-0.4, -0.2) is 32.2 Å². The molecule has 0 aliphatic rings. The van der Waals surface area contributed by atoms with Crippen LogP contribution in [-0.2, 0) is 0 Å². The normalized spacial score (nSPS) is 10.2. The van der Waals surface area contributed by atoms with Gasteiger partial charge in [-0.1, -0.05) is 0 Å². The van der Waals surface area contributed by atoms with E-state index < -0.39 is 6.03 Å². The molecule has 7 nitrogen and oxygen atoms in total. The smallest absolute Gasteiger partial charge is 0.323 e. The zero-order valence-corrected chi connectivity index (χ0v) is 15.3. The average Bonchev–Trinajstić information content (AvgIpc) is 2.61. The van der Waals surface area contributed by atoms with Crippen LogP contribution in [0.15, 0.2) is 42.5 Å². The van der Waals surface area contributed by atoms with Gasteiger partial charge >= 0.3 is 6.03 Å². The van der Waals surface area contributed by atoms with Crippen molar-refractivity contribution in [1.29, 1.82) is 0 Å². The fourth-order valence-electron chi connectivity index (χ4n) is 2.26. The van der Waals surface area contributed by atoms with Crippen LogP contribution in [0.2, 0.25) is 0 Å². The number of ether oxygens (including phenoxy) is 2. The minimum absolute atomic E-state index is 0.0626. The lowest BCUT2D eigenvalue weighted by molar-refractivity contribution is 0.0943. The van der Waals surface area contributed by atoms with E-state index in [9.17, 15) is 9.59 Å². The molecule has 0 spiro atoms. The van der Waals surface area contributed by atoms with Gasteiger partial charge in [0.1, 0.15) is 0 Å². The second-order valence-electron chi connectivity index (χ2n) is 5.85. The molecule has 0 fully saturated rings. The SMILES string of the molecule is COc1ccc(NC(=O)Nc2ccc(C(=O)NC(C)C)cc2)cc1OC. The number of hydrogen-bond donors (Lipinski definition) is 3. The number of carbonyl (C=O) groups excluding carboxylic acids is 2. The molecule has 2 aromatic carbocycles. The summed E-state index contributed by atoms with van der Waals surface area (Å²) in [6.07, 6.45) is 0. The lowest BCUT2D eigenvalue weighted by Gasteiger charge is -2.12. The lowest BCUT2D eigenvalue weighted by atomic mass is 10.2. The molecule has 3 N–H and O–H groups in total. The average molecular weight is 357 g/mol. The van der Waals surface area contributed by atoms with E-state index in [0.717, 1.165) is 0 Å². The van der Waals surface area contributed by atoms with Gasteiger partial charge in [-0.25, -0.2) is 4.79 Å². The summed E-state index contributed by atoms with van der Waals surface area (Å²) in [4.78, 5) is 24.0. The fourth-order valence-corrected chi connectivity index (χ4v) is 2.26. The van der Waals surface area contributed by atoms with Gasteiger partial charge in [0.25, 0.3) is 5.91 Å². The summed E-state index contributed by atoms with van der Waals surface area (Å²) in [7, 11) is 3.07. The maximum atomic E-state index is 12.1. The number of methoxy groups -OCH3 is 2. The Labute approximate surface area is 152 Å². The van der Waals surface area contributed by atoms with Gasteiger partial charge in [0, 0.05) is 29.0 Å². The minimum atomic E-state index is -0.406. The van der Waals surface area contributed by atoms with Gasteiger partial charge in [-0.15, -0.1) is 0 Å². The van der Waals surface area contributed by atoms with Crippen LogP contribution in [0.5, 0.6) is 11.5 Å². The second kappa shape index (κ2) is 8.75. The van der Waals surface area contributed by atoms with Gasteiger partial charge in [0.05, 0.1) is 14.2 Å². The minimum Gasteiger partial charge on any atom is -0.493 e. The van der Waals surface area contributed by atoms with Crippen molar-refractivity contribution >= 4 is 23.3 Å². The molecule has 0 atom stereocenters. The molecule has 0 saturated heterocycles. The van der Waals surface area contributed by atoms with Crippen molar-refractivity contribution in [2.24, 2.45) is 0 Å². The van der Waals surface area contributed by atoms with Crippen molar-refractivity contribution in [1.82, 2.24) is 5.32 Å². The number of benzene rings is 2. The zero-order valence-electron chi connectivity index (χ0n) is 15.3. The quantitative estimate of drug-likeness (QED) is 0.738. The Bertz CT molecular complexity index is 773. The molecule has 0 unspecified atom stereocenters. The van der Waals surface area contributed by atoms with Crippen LogP contribution in [0, 0.1) is 0 Å². The molecule has 0 saturated carbocycles. The Morgan fingerprint density at radius 1 is 0.846 bits per heavy atom. The number of anilines is 2. The standard InChI is InChI=1S/C19H23N3O4/c1-12(2)20-18(23)13-5-7-14(8-6-13)21-19(24)22-15-9-10-16(25-3)17(11-15)26-4/h5-12H,1-4H3,(H,20,23)(H2,21,22,24). The summed E-state index contributed by atoms with van der Waals surface area (Å²) in [5.41, 5.74) is 1.67. The van der Waals surface area contributed by atoms with Crippen LogP contribution >= 0.6 is 0 Å². The third kappa shape index (κ3) is 5.14. The molecular weight excluding hydrogens is 334 g/mol. The van der Waals surface area contributed by atoms with E-state index in [-0.39, 0.29) is 11.9 Å². The molecule has 138 valence electrons. The van der Waals surface area contributed by atoms with Gasteiger partial charge in [-0.05, 0) is 50.2 Å². The molecule has 26 heavy (non-hydrogen) atoms. The van der Waals surface area contributed by atoms with Gasteiger partial charge in [0.2, 0.25) is 0 Å². The lowest BCUT2D eigenvalue weighted by Crippen LogP contribution is -2.30. The third-order valence-corrected chi connectivity index (χ3v) is 3.47. The van der Waals surface area contributed by atoms with E-state index in [2.05, 4.69) is 16.0 Å². The van der Waals surface area contributed by atoms with E-state index in [0.29, 0.717) is 28.4 Å². The molecule has 0 aliphatic carbocycles. The topological polar surface area (TPSA) is 88.7 Å². The Kier molecular flexibility index (Phi) is 6.43. The predicted octanol–water partition coefficient (Wildman–Crippen LogP) is 3.49. The maximum Gasteiger partial charge on any atom is 0.323 e. The van der Waals surface area contributed by atoms with E-state index in [1.165, 1.54) is 7.11 Å². The van der Waals surface area contributed by atoms with Gasteiger partial charge < -0.3 is 25.4 Å². The summed E-state index contributed by atoms with van der Waals surface area (Å²) in [5.74, 6) is 0.945. The number of hydrogen-bond acceptors (Lipinski definition) is 4. The summed E-state index contributed by atoms with van der Waals surface area (Å²) < 4.78 is 10.4. The third-order valence-electron chi connectivity index (χ3n) is 3.47. The first kappa shape index (κ1) is 19.1. The van der Waals surface area contributed by atoms with Gasteiger partial charge in [0.15, 0.2) is 11.5 Å². The van der Waals surface area contributed by atoms with E-state index >= 15 is 0 Å². The Morgan fingerprint density at radius 2 is 1.42 bits per heavy atom. The largest absolute Gasteiger partial charge is 0.493 e. The van der Waals surface area contributed by atoms with Crippen molar-refractivity contribution in [3.05, 3.63) is 48.0 Å². The highest BCUT2D eigenvalue weighted by molar-refractivity contribution is 6.00. The molecule has 7 heteroatoms. The highest BCUT2D eigenvalue weighted by Gasteiger charge is 2.09. The molecule has 3 amide bonds. The molecule has 0 bridgehead atoms. The van der Waals surface area contributed by atoms with Crippen LogP contribution in [0.1, 0.15) is 24.2 Å². The second-order valence-corrected chi connectivity index (χ2v) is 5.85. The zero-order chi connectivity index (χ0) is 19.1. The Balaban J connectivity index is 1.98. The van der Waals surface area contributed by atoms with Gasteiger partial charge in [-0.2, -0.15) is 0 Å². The molecule has 0 aromatic heterocycles. The van der Waals surface area contributed by atoms with E-state index in [1.54, 1.807) is 49.6 Å². The molecule has 2 rings (SSSR count). The van der Waals surface area contributed by atoms with Crippen molar-refractivity contribution in [2.45, 2.75) is 19.9 Å². The first-order valence-electron chi connectivity index (χ1n) is 8.14. The van der Waals surface area contributed by atoms with Crippen molar-refractivity contribution < 1.29 is 19.1 Å². The van der Waals surface area contributed by atoms with Crippen molar-refractivity contribution in [3.8, 4) is 11.5 Å². The summed E-state index contributed by atoms with van der Waals surface area (Å²) in [6, 6.07) is 11.4. The fraction of sp³-hybridized carbons (Fsp3) is 0.263. The highest BCUT2D eigenvalue weighted by Crippen LogP contribution is 2.29.